The first-order chi connectivity index (χ1) is 8.33. The predicted molar refractivity (Wildman–Crippen MR) is 62.9 cm³/mol. The summed E-state index contributed by atoms with van der Waals surface area (Å²) in [6.45, 7) is 1.09. The Labute approximate surface area is 105 Å². The van der Waals surface area contributed by atoms with Gasteiger partial charge in [0.1, 0.15) is 0 Å². The summed E-state index contributed by atoms with van der Waals surface area (Å²) in [5.74, 6) is -1.95. The van der Waals surface area contributed by atoms with E-state index in [4.69, 9.17) is 10.2 Å². The number of aliphatic hydroxyl groups excluding tert-OH is 1. The molecule has 0 aliphatic rings. The number of carboxylic acid groups (broad SMARTS) is 1. The average Bonchev–Trinajstić information content (AvgIpc) is 2.33. The first-order valence-corrected chi connectivity index (χ1v) is 5.40. The van der Waals surface area contributed by atoms with Crippen molar-refractivity contribution in [1.29, 1.82) is 0 Å². The van der Waals surface area contributed by atoms with Crippen LogP contribution in [0, 0.1) is 5.92 Å². The zero-order chi connectivity index (χ0) is 14.3. The molecule has 0 aromatic carbocycles. The Morgan fingerprint density at radius 2 is 1.89 bits per heavy atom. The molecule has 4 N–H and O–H groups in total. The van der Waals surface area contributed by atoms with Crippen LogP contribution in [0.5, 0.6) is 0 Å². The van der Waals surface area contributed by atoms with E-state index in [0.717, 1.165) is 0 Å². The number of rotatable bonds is 6. The Balaban J connectivity index is 4.34. The van der Waals surface area contributed by atoms with Crippen molar-refractivity contribution in [2.45, 2.75) is 13.0 Å². The monoisotopic (exact) mass is 261 g/mol. The van der Waals surface area contributed by atoms with Crippen molar-refractivity contribution in [3.63, 3.8) is 0 Å². The summed E-state index contributed by atoms with van der Waals surface area (Å²) in [5.41, 5.74) is 0. The topological polar surface area (TPSA) is 119 Å². The van der Waals surface area contributed by atoms with Gasteiger partial charge in [0, 0.05) is 20.6 Å². The second kappa shape index (κ2) is 7.49. The third-order valence-corrected chi connectivity index (χ3v) is 2.37. The first kappa shape index (κ1) is 16.2. The van der Waals surface area contributed by atoms with E-state index in [9.17, 15) is 14.4 Å². The summed E-state index contributed by atoms with van der Waals surface area (Å²) in [7, 11) is 2.93. The second-order valence-electron chi connectivity index (χ2n) is 3.92. The SMILES string of the molecule is CNC(=O)C(C)CN(C)C(=O)N[C@H](CO)C(=O)O. The average molecular weight is 261 g/mol. The molecule has 18 heavy (non-hydrogen) atoms. The molecule has 0 aliphatic carbocycles. The van der Waals surface area contributed by atoms with Crippen LogP contribution in [0.25, 0.3) is 0 Å². The lowest BCUT2D eigenvalue weighted by Gasteiger charge is -2.22. The van der Waals surface area contributed by atoms with Crippen molar-refractivity contribution < 1.29 is 24.6 Å². The van der Waals surface area contributed by atoms with Crippen LogP contribution in [0.3, 0.4) is 0 Å². The molecule has 0 spiro atoms. The largest absolute Gasteiger partial charge is 0.480 e. The molecule has 0 rings (SSSR count). The molecular weight excluding hydrogens is 242 g/mol. The third kappa shape index (κ3) is 5.00. The number of hydrogen-bond donors (Lipinski definition) is 4. The Hall–Kier alpha value is -1.83. The highest BCUT2D eigenvalue weighted by Crippen LogP contribution is 1.99. The van der Waals surface area contributed by atoms with Gasteiger partial charge in [-0.15, -0.1) is 0 Å². The smallest absolute Gasteiger partial charge is 0.328 e. The van der Waals surface area contributed by atoms with E-state index >= 15 is 0 Å². The fraction of sp³-hybridized carbons (Fsp3) is 0.700. The first-order valence-electron chi connectivity index (χ1n) is 5.40. The Morgan fingerprint density at radius 1 is 1.33 bits per heavy atom. The summed E-state index contributed by atoms with van der Waals surface area (Å²) in [5, 5.41) is 22.0. The molecule has 8 nitrogen and oxygen atoms in total. The molecule has 1 unspecified atom stereocenters. The van der Waals surface area contributed by atoms with Crippen molar-refractivity contribution >= 4 is 17.9 Å². The number of amides is 3. The van der Waals surface area contributed by atoms with Gasteiger partial charge in [-0.05, 0) is 0 Å². The van der Waals surface area contributed by atoms with Gasteiger partial charge in [-0.1, -0.05) is 6.92 Å². The summed E-state index contributed by atoms with van der Waals surface area (Å²) in [4.78, 5) is 34.6. The maximum atomic E-state index is 11.6. The van der Waals surface area contributed by atoms with Gasteiger partial charge in [-0.3, -0.25) is 4.79 Å². The maximum Gasteiger partial charge on any atom is 0.328 e. The van der Waals surface area contributed by atoms with Crippen LogP contribution >= 0.6 is 0 Å². The molecule has 104 valence electrons. The zero-order valence-corrected chi connectivity index (χ0v) is 10.6. The maximum absolute atomic E-state index is 11.6. The number of aliphatic carboxylic acids is 1. The number of carbonyl (C=O) groups is 3. The minimum Gasteiger partial charge on any atom is -0.480 e. The van der Waals surface area contributed by atoms with Crippen molar-refractivity contribution in [3.05, 3.63) is 0 Å². The molecule has 2 atom stereocenters. The Bertz CT molecular complexity index is 321. The summed E-state index contributed by atoms with van der Waals surface area (Å²) >= 11 is 0. The van der Waals surface area contributed by atoms with Gasteiger partial charge in [0.25, 0.3) is 0 Å². The number of urea groups is 1. The Morgan fingerprint density at radius 3 is 2.28 bits per heavy atom. The van der Waals surface area contributed by atoms with Gasteiger partial charge < -0.3 is 25.7 Å². The van der Waals surface area contributed by atoms with Gasteiger partial charge in [-0.2, -0.15) is 0 Å². The fourth-order valence-corrected chi connectivity index (χ4v) is 1.27. The molecule has 0 aromatic rings. The van der Waals surface area contributed by atoms with E-state index in [1.807, 2.05) is 0 Å². The molecule has 0 saturated heterocycles. The molecule has 0 heterocycles. The second-order valence-corrected chi connectivity index (χ2v) is 3.92. The number of nitrogens with zero attached hydrogens (tertiary/aromatic N) is 1. The molecule has 0 aliphatic heterocycles. The molecule has 0 bridgehead atoms. The molecule has 0 aromatic heterocycles. The van der Waals surface area contributed by atoms with E-state index in [0.29, 0.717) is 0 Å². The van der Waals surface area contributed by atoms with Gasteiger partial charge in [0.15, 0.2) is 6.04 Å². The van der Waals surface area contributed by atoms with E-state index in [2.05, 4.69) is 10.6 Å². The third-order valence-electron chi connectivity index (χ3n) is 2.37. The van der Waals surface area contributed by atoms with Crippen LogP contribution in [-0.4, -0.2) is 66.3 Å². The number of hydrogen-bond acceptors (Lipinski definition) is 4. The van der Waals surface area contributed by atoms with Crippen molar-refractivity contribution in [3.8, 4) is 0 Å². The molecule has 0 fully saturated rings. The molecule has 8 heteroatoms. The fourth-order valence-electron chi connectivity index (χ4n) is 1.27. The summed E-state index contributed by atoms with van der Waals surface area (Å²) in [6.07, 6.45) is 0. The van der Waals surface area contributed by atoms with Gasteiger partial charge >= 0.3 is 12.0 Å². The van der Waals surface area contributed by atoms with Crippen LogP contribution < -0.4 is 10.6 Å². The lowest BCUT2D eigenvalue weighted by atomic mass is 10.1. The number of carbonyl (C=O) groups excluding carboxylic acids is 2. The summed E-state index contributed by atoms with van der Waals surface area (Å²) in [6, 6.07) is -2.01. The van der Waals surface area contributed by atoms with Gasteiger partial charge in [0.05, 0.1) is 12.5 Å². The van der Waals surface area contributed by atoms with Crippen molar-refractivity contribution in [2.24, 2.45) is 5.92 Å². The normalized spacial score (nSPS) is 13.3. The minimum atomic E-state index is -1.35. The van der Waals surface area contributed by atoms with Crippen LogP contribution in [0.4, 0.5) is 4.79 Å². The van der Waals surface area contributed by atoms with E-state index in [1.54, 1.807) is 6.92 Å². The standard InChI is InChI=1S/C10H19N3O5/c1-6(8(15)11-2)4-13(3)10(18)12-7(5-14)9(16)17/h6-7,14H,4-5H2,1-3H3,(H,11,15)(H,12,18)(H,16,17)/t6?,7-/m1/s1. The number of aliphatic hydroxyl groups is 1. The Kier molecular flexibility index (Phi) is 6.73. The van der Waals surface area contributed by atoms with Gasteiger partial charge in [0.2, 0.25) is 5.91 Å². The zero-order valence-electron chi connectivity index (χ0n) is 10.6. The van der Waals surface area contributed by atoms with Crippen LogP contribution in [0.2, 0.25) is 0 Å². The molecular formula is C10H19N3O5. The lowest BCUT2D eigenvalue weighted by molar-refractivity contribution is -0.140. The highest BCUT2D eigenvalue weighted by Gasteiger charge is 2.22. The van der Waals surface area contributed by atoms with Crippen LogP contribution in [0.1, 0.15) is 6.92 Å². The van der Waals surface area contributed by atoms with Gasteiger partial charge in [-0.25, -0.2) is 9.59 Å². The highest BCUT2D eigenvalue weighted by atomic mass is 16.4. The minimum absolute atomic E-state index is 0.142. The van der Waals surface area contributed by atoms with E-state index in [1.165, 1.54) is 19.0 Å². The molecule has 0 saturated carbocycles. The summed E-state index contributed by atoms with van der Waals surface area (Å²) < 4.78 is 0. The lowest BCUT2D eigenvalue weighted by Crippen LogP contribution is -2.50. The molecule has 3 amide bonds. The van der Waals surface area contributed by atoms with Crippen LogP contribution in [-0.2, 0) is 9.59 Å². The number of nitrogens with one attached hydrogen (secondary N) is 2. The van der Waals surface area contributed by atoms with E-state index in [-0.39, 0.29) is 12.5 Å². The predicted octanol–water partition coefficient (Wildman–Crippen LogP) is -1.54. The highest BCUT2D eigenvalue weighted by molar-refractivity contribution is 5.83. The number of carboxylic acids is 1. The van der Waals surface area contributed by atoms with E-state index < -0.39 is 30.6 Å². The quantitative estimate of drug-likeness (QED) is 0.462. The van der Waals surface area contributed by atoms with Crippen LogP contribution in [0.15, 0.2) is 0 Å². The molecule has 0 radical (unpaired) electrons. The van der Waals surface area contributed by atoms with Crippen molar-refractivity contribution in [2.75, 3.05) is 27.2 Å². The van der Waals surface area contributed by atoms with Crippen molar-refractivity contribution in [1.82, 2.24) is 15.5 Å².